The first-order chi connectivity index (χ1) is 10.2. The van der Waals surface area contributed by atoms with Gasteiger partial charge in [0.2, 0.25) is 0 Å². The van der Waals surface area contributed by atoms with E-state index >= 15 is 0 Å². The molecule has 0 radical (unpaired) electrons. The average molecular weight is 304 g/mol. The minimum atomic E-state index is 0.308. The van der Waals surface area contributed by atoms with Gasteiger partial charge in [-0.05, 0) is 44.5 Å². The molecule has 4 heteroatoms. The second-order valence-corrected chi connectivity index (χ2v) is 6.13. The lowest BCUT2D eigenvalue weighted by molar-refractivity contribution is 0.340. The van der Waals surface area contributed by atoms with E-state index in [1.54, 1.807) is 11.3 Å². The number of nitrogens with one attached hydrogen (secondary N) is 1. The molecule has 0 saturated heterocycles. The lowest BCUT2D eigenvalue weighted by Crippen LogP contribution is -2.24. The van der Waals surface area contributed by atoms with E-state index in [0.717, 1.165) is 30.1 Å². The maximum Gasteiger partial charge on any atom is 0.119 e. The first-order valence-electron chi connectivity index (χ1n) is 7.60. The monoisotopic (exact) mass is 304 g/mol. The van der Waals surface area contributed by atoms with E-state index in [1.165, 1.54) is 11.3 Å². The largest absolute Gasteiger partial charge is 0.494 e. The van der Waals surface area contributed by atoms with Crippen molar-refractivity contribution >= 4 is 11.3 Å². The minimum absolute atomic E-state index is 0.308. The highest BCUT2D eigenvalue weighted by atomic mass is 32.1. The van der Waals surface area contributed by atoms with Gasteiger partial charge in [0, 0.05) is 17.8 Å². The topological polar surface area (TPSA) is 34.2 Å². The SMILES string of the molecule is CCCNC(Cc1csc(C)n1)c1ccc(OCC)cc1. The molecule has 0 fully saturated rings. The zero-order valence-corrected chi connectivity index (χ0v) is 13.9. The van der Waals surface area contributed by atoms with Crippen molar-refractivity contribution in [3.63, 3.8) is 0 Å². The molecule has 0 aliphatic heterocycles. The number of nitrogens with zero attached hydrogens (tertiary/aromatic N) is 1. The molecular formula is C17H24N2OS. The Morgan fingerprint density at radius 2 is 2.00 bits per heavy atom. The Labute approximate surface area is 131 Å². The fourth-order valence-electron chi connectivity index (χ4n) is 2.30. The van der Waals surface area contributed by atoms with Crippen molar-refractivity contribution in [2.45, 2.75) is 39.7 Å². The Kier molecular flexibility index (Phi) is 6.21. The second-order valence-electron chi connectivity index (χ2n) is 5.07. The number of aromatic nitrogens is 1. The summed E-state index contributed by atoms with van der Waals surface area (Å²) in [5.74, 6) is 0.931. The normalized spacial score (nSPS) is 12.3. The first kappa shape index (κ1) is 16.0. The molecule has 2 rings (SSSR count). The van der Waals surface area contributed by atoms with Gasteiger partial charge in [0.25, 0.3) is 0 Å². The van der Waals surface area contributed by atoms with Gasteiger partial charge in [-0.25, -0.2) is 4.98 Å². The third-order valence-electron chi connectivity index (χ3n) is 3.31. The van der Waals surface area contributed by atoms with E-state index in [1.807, 2.05) is 19.1 Å². The number of hydrogen-bond donors (Lipinski definition) is 1. The first-order valence-corrected chi connectivity index (χ1v) is 8.48. The van der Waals surface area contributed by atoms with Crippen LogP contribution in [-0.4, -0.2) is 18.1 Å². The number of benzene rings is 1. The lowest BCUT2D eigenvalue weighted by Gasteiger charge is -2.18. The van der Waals surface area contributed by atoms with Gasteiger partial charge in [0.1, 0.15) is 5.75 Å². The summed E-state index contributed by atoms with van der Waals surface area (Å²) in [6, 6.07) is 8.70. The summed E-state index contributed by atoms with van der Waals surface area (Å²) < 4.78 is 5.51. The van der Waals surface area contributed by atoms with Crippen LogP contribution in [0.2, 0.25) is 0 Å². The van der Waals surface area contributed by atoms with Crippen LogP contribution in [0.4, 0.5) is 0 Å². The Bertz CT molecular complexity index is 536. The summed E-state index contributed by atoms with van der Waals surface area (Å²) in [5.41, 5.74) is 2.46. The average Bonchev–Trinajstić information content (AvgIpc) is 2.90. The van der Waals surface area contributed by atoms with E-state index in [4.69, 9.17) is 4.74 Å². The Morgan fingerprint density at radius 1 is 1.24 bits per heavy atom. The molecule has 0 bridgehead atoms. The van der Waals surface area contributed by atoms with Crippen molar-refractivity contribution in [3.8, 4) is 5.75 Å². The molecule has 0 amide bonds. The summed E-state index contributed by atoms with van der Waals surface area (Å²) in [6.45, 7) is 7.97. The van der Waals surface area contributed by atoms with Crippen LogP contribution >= 0.6 is 11.3 Å². The number of rotatable bonds is 8. The fraction of sp³-hybridized carbons (Fsp3) is 0.471. The quantitative estimate of drug-likeness (QED) is 0.796. The third-order valence-corrected chi connectivity index (χ3v) is 4.14. The summed E-state index contributed by atoms with van der Waals surface area (Å²) in [5, 5.41) is 6.91. The lowest BCUT2D eigenvalue weighted by atomic mass is 10.0. The standard InChI is InChI=1S/C17H24N2OS/c1-4-10-18-17(11-15-12-21-13(3)19-15)14-6-8-16(9-7-14)20-5-2/h6-9,12,17-18H,4-5,10-11H2,1-3H3. The number of thiazole rings is 1. The van der Waals surface area contributed by atoms with Crippen LogP contribution in [0.1, 0.15) is 42.6 Å². The fourth-order valence-corrected chi connectivity index (χ4v) is 2.93. The van der Waals surface area contributed by atoms with Crippen molar-refractivity contribution in [2.75, 3.05) is 13.2 Å². The van der Waals surface area contributed by atoms with Gasteiger partial charge >= 0.3 is 0 Å². The van der Waals surface area contributed by atoms with E-state index in [9.17, 15) is 0 Å². The van der Waals surface area contributed by atoms with E-state index in [2.05, 4.69) is 41.7 Å². The van der Waals surface area contributed by atoms with Gasteiger partial charge in [0.15, 0.2) is 0 Å². The molecule has 0 saturated carbocycles. The molecule has 1 atom stereocenters. The molecule has 0 aliphatic rings. The van der Waals surface area contributed by atoms with Crippen LogP contribution < -0.4 is 10.1 Å². The van der Waals surface area contributed by atoms with Crippen LogP contribution in [-0.2, 0) is 6.42 Å². The smallest absolute Gasteiger partial charge is 0.119 e. The van der Waals surface area contributed by atoms with Gasteiger partial charge < -0.3 is 10.1 Å². The van der Waals surface area contributed by atoms with Crippen molar-refractivity contribution in [1.29, 1.82) is 0 Å². The summed E-state index contributed by atoms with van der Waals surface area (Å²) in [4.78, 5) is 4.58. The highest BCUT2D eigenvalue weighted by Gasteiger charge is 2.13. The van der Waals surface area contributed by atoms with E-state index in [-0.39, 0.29) is 0 Å². The molecule has 2 aromatic rings. The molecule has 3 nitrogen and oxygen atoms in total. The summed E-state index contributed by atoms with van der Waals surface area (Å²) >= 11 is 1.72. The Morgan fingerprint density at radius 3 is 2.57 bits per heavy atom. The van der Waals surface area contributed by atoms with E-state index in [0.29, 0.717) is 12.6 Å². The maximum absolute atomic E-state index is 5.51. The molecule has 1 heterocycles. The summed E-state index contributed by atoms with van der Waals surface area (Å²) in [6.07, 6.45) is 2.06. The molecule has 1 aromatic carbocycles. The van der Waals surface area contributed by atoms with Crippen LogP contribution in [0.3, 0.4) is 0 Å². The Hall–Kier alpha value is -1.39. The second kappa shape index (κ2) is 8.15. The molecule has 21 heavy (non-hydrogen) atoms. The van der Waals surface area contributed by atoms with Crippen LogP contribution in [0.15, 0.2) is 29.6 Å². The predicted molar refractivity (Wildman–Crippen MR) is 89.2 cm³/mol. The molecule has 1 unspecified atom stereocenters. The van der Waals surface area contributed by atoms with Crippen LogP contribution in [0.5, 0.6) is 5.75 Å². The number of ether oxygens (including phenoxy) is 1. The van der Waals surface area contributed by atoms with Gasteiger partial charge in [-0.2, -0.15) is 0 Å². The number of aryl methyl sites for hydroxylation is 1. The maximum atomic E-state index is 5.51. The highest BCUT2D eigenvalue weighted by molar-refractivity contribution is 7.09. The minimum Gasteiger partial charge on any atom is -0.494 e. The molecule has 1 N–H and O–H groups in total. The van der Waals surface area contributed by atoms with Crippen molar-refractivity contribution in [3.05, 3.63) is 45.9 Å². The predicted octanol–water partition coefficient (Wildman–Crippen LogP) is 4.13. The molecule has 1 aromatic heterocycles. The Balaban J connectivity index is 2.10. The van der Waals surface area contributed by atoms with Crippen molar-refractivity contribution in [1.82, 2.24) is 10.3 Å². The van der Waals surface area contributed by atoms with Crippen molar-refractivity contribution < 1.29 is 4.74 Å². The number of hydrogen-bond acceptors (Lipinski definition) is 4. The zero-order chi connectivity index (χ0) is 15.1. The van der Waals surface area contributed by atoms with Crippen LogP contribution in [0, 0.1) is 6.92 Å². The van der Waals surface area contributed by atoms with Crippen LogP contribution in [0.25, 0.3) is 0 Å². The third kappa shape index (κ3) is 4.83. The molecule has 114 valence electrons. The molecule has 0 spiro atoms. The molecular weight excluding hydrogens is 280 g/mol. The van der Waals surface area contributed by atoms with Gasteiger partial charge in [-0.1, -0.05) is 19.1 Å². The molecule has 0 aliphatic carbocycles. The zero-order valence-electron chi connectivity index (χ0n) is 13.1. The van der Waals surface area contributed by atoms with E-state index < -0.39 is 0 Å². The van der Waals surface area contributed by atoms with Gasteiger partial charge in [-0.15, -0.1) is 11.3 Å². The van der Waals surface area contributed by atoms with Gasteiger partial charge in [0.05, 0.1) is 17.3 Å². The van der Waals surface area contributed by atoms with Gasteiger partial charge in [-0.3, -0.25) is 0 Å². The van der Waals surface area contributed by atoms with Crippen molar-refractivity contribution in [2.24, 2.45) is 0 Å². The highest BCUT2D eigenvalue weighted by Crippen LogP contribution is 2.22. The summed E-state index contributed by atoms with van der Waals surface area (Å²) in [7, 11) is 0.